The van der Waals surface area contributed by atoms with E-state index >= 15 is 0 Å². The van der Waals surface area contributed by atoms with Gasteiger partial charge in [0.25, 0.3) is 5.91 Å². The van der Waals surface area contributed by atoms with Crippen molar-refractivity contribution in [2.45, 2.75) is 26.8 Å². The van der Waals surface area contributed by atoms with Gasteiger partial charge < -0.3 is 9.26 Å². The molecular formula is C21H21N5O3S. The fourth-order valence-electron chi connectivity index (χ4n) is 2.99. The monoisotopic (exact) mass is 423 g/mol. The largest absolute Gasteiger partial charge is 0.497 e. The van der Waals surface area contributed by atoms with E-state index in [4.69, 9.17) is 9.26 Å². The second kappa shape index (κ2) is 8.50. The maximum atomic E-state index is 12.5. The second-order valence-electron chi connectivity index (χ2n) is 6.67. The van der Waals surface area contributed by atoms with Crippen LogP contribution in [0, 0.1) is 6.92 Å². The summed E-state index contributed by atoms with van der Waals surface area (Å²) >= 11 is 1.42. The first-order valence-electron chi connectivity index (χ1n) is 9.46. The first kappa shape index (κ1) is 19.8. The zero-order valence-electron chi connectivity index (χ0n) is 16.9. The molecule has 0 spiro atoms. The summed E-state index contributed by atoms with van der Waals surface area (Å²) in [5, 5.41) is 11.7. The SMILES string of the molecule is CCn1cc(-c2cc(C(=O)Nc3ncc(Cc4ccc(OC)cc4)s3)on2)c(C)n1. The van der Waals surface area contributed by atoms with Gasteiger partial charge in [0, 0.05) is 41.9 Å². The van der Waals surface area contributed by atoms with Crippen molar-refractivity contribution in [3.8, 4) is 17.0 Å². The summed E-state index contributed by atoms with van der Waals surface area (Å²) in [6.45, 7) is 4.67. The Hall–Kier alpha value is -3.46. The van der Waals surface area contributed by atoms with Crippen LogP contribution in [0.3, 0.4) is 0 Å². The van der Waals surface area contributed by atoms with Gasteiger partial charge in [-0.25, -0.2) is 4.98 Å². The van der Waals surface area contributed by atoms with Gasteiger partial charge in [-0.1, -0.05) is 17.3 Å². The molecule has 0 aliphatic rings. The zero-order valence-corrected chi connectivity index (χ0v) is 17.7. The van der Waals surface area contributed by atoms with Crippen LogP contribution in [0.25, 0.3) is 11.3 Å². The Morgan fingerprint density at radius 2 is 2.10 bits per heavy atom. The van der Waals surface area contributed by atoms with Crippen LogP contribution in [0.4, 0.5) is 5.13 Å². The van der Waals surface area contributed by atoms with Crippen LogP contribution in [0.2, 0.25) is 0 Å². The number of nitrogens with one attached hydrogen (secondary N) is 1. The minimum absolute atomic E-state index is 0.126. The maximum Gasteiger partial charge on any atom is 0.296 e. The van der Waals surface area contributed by atoms with E-state index in [0.717, 1.165) is 40.4 Å². The lowest BCUT2D eigenvalue weighted by Crippen LogP contribution is -2.10. The summed E-state index contributed by atoms with van der Waals surface area (Å²) in [7, 11) is 1.64. The van der Waals surface area contributed by atoms with Crippen molar-refractivity contribution >= 4 is 22.4 Å². The van der Waals surface area contributed by atoms with Crippen molar-refractivity contribution < 1.29 is 14.1 Å². The highest BCUT2D eigenvalue weighted by Gasteiger charge is 2.18. The second-order valence-corrected chi connectivity index (χ2v) is 7.79. The summed E-state index contributed by atoms with van der Waals surface area (Å²) in [4.78, 5) is 17.9. The van der Waals surface area contributed by atoms with Crippen LogP contribution in [-0.4, -0.2) is 32.9 Å². The number of benzene rings is 1. The molecule has 0 aliphatic carbocycles. The highest BCUT2D eigenvalue weighted by molar-refractivity contribution is 7.15. The van der Waals surface area contributed by atoms with Gasteiger partial charge >= 0.3 is 0 Å². The van der Waals surface area contributed by atoms with Gasteiger partial charge in [-0.2, -0.15) is 5.10 Å². The Kier molecular flexibility index (Phi) is 5.62. The highest BCUT2D eigenvalue weighted by atomic mass is 32.1. The molecule has 0 radical (unpaired) electrons. The number of hydrogen-bond donors (Lipinski definition) is 1. The average molecular weight is 423 g/mol. The van der Waals surface area contributed by atoms with Gasteiger partial charge in [-0.05, 0) is 31.5 Å². The number of ether oxygens (including phenoxy) is 1. The predicted molar refractivity (Wildman–Crippen MR) is 114 cm³/mol. The molecule has 0 fully saturated rings. The van der Waals surface area contributed by atoms with Crippen LogP contribution < -0.4 is 10.1 Å². The van der Waals surface area contributed by atoms with Gasteiger partial charge in [0.15, 0.2) is 5.13 Å². The lowest BCUT2D eigenvalue weighted by Gasteiger charge is -2.01. The molecule has 4 aromatic rings. The number of anilines is 1. The molecule has 1 N–H and O–H groups in total. The van der Waals surface area contributed by atoms with Gasteiger partial charge in [-0.3, -0.25) is 14.8 Å². The third kappa shape index (κ3) is 4.25. The summed E-state index contributed by atoms with van der Waals surface area (Å²) in [5.41, 5.74) is 3.40. The van der Waals surface area contributed by atoms with Crippen molar-refractivity contribution in [1.29, 1.82) is 0 Å². The predicted octanol–water partition coefficient (Wildman–Crippen LogP) is 4.17. The zero-order chi connectivity index (χ0) is 21.1. The van der Waals surface area contributed by atoms with Gasteiger partial charge in [0.2, 0.25) is 5.76 Å². The molecule has 0 aliphatic heterocycles. The van der Waals surface area contributed by atoms with E-state index < -0.39 is 0 Å². The van der Waals surface area contributed by atoms with Crippen LogP contribution >= 0.6 is 11.3 Å². The van der Waals surface area contributed by atoms with E-state index in [1.54, 1.807) is 19.4 Å². The van der Waals surface area contributed by atoms with E-state index in [0.29, 0.717) is 10.8 Å². The number of methoxy groups -OCH3 is 1. The number of rotatable bonds is 7. The lowest BCUT2D eigenvalue weighted by atomic mass is 10.1. The minimum atomic E-state index is -0.389. The van der Waals surface area contributed by atoms with E-state index in [9.17, 15) is 4.79 Å². The van der Waals surface area contributed by atoms with Gasteiger partial charge in [0.05, 0.1) is 12.8 Å². The van der Waals surface area contributed by atoms with Crippen LogP contribution in [0.5, 0.6) is 5.75 Å². The average Bonchev–Trinajstić information content (AvgIpc) is 3.48. The number of hydrogen-bond acceptors (Lipinski definition) is 7. The molecule has 1 aromatic carbocycles. The third-order valence-electron chi connectivity index (χ3n) is 4.59. The van der Waals surface area contributed by atoms with Crippen LogP contribution in [0.1, 0.15) is 33.6 Å². The standard InChI is InChI=1S/C21H21N5O3S/c1-4-26-12-17(13(2)24-26)18-10-19(29-25-18)20(27)23-21-22-11-16(30-21)9-14-5-7-15(28-3)8-6-14/h5-8,10-12H,4,9H2,1-3H3,(H,22,23,27). The van der Waals surface area contributed by atoms with Crippen molar-refractivity contribution in [2.75, 3.05) is 12.4 Å². The normalized spacial score (nSPS) is 10.9. The van der Waals surface area contributed by atoms with Crippen LogP contribution in [0.15, 0.2) is 47.2 Å². The summed E-state index contributed by atoms with van der Waals surface area (Å²) in [5.74, 6) is 0.555. The summed E-state index contributed by atoms with van der Waals surface area (Å²) in [6, 6.07) is 9.48. The van der Waals surface area contributed by atoms with Gasteiger partial charge in [-0.15, -0.1) is 11.3 Å². The highest BCUT2D eigenvalue weighted by Crippen LogP contribution is 2.25. The fourth-order valence-corrected chi connectivity index (χ4v) is 3.83. The topological polar surface area (TPSA) is 95.1 Å². The molecule has 30 heavy (non-hydrogen) atoms. The number of aryl methyl sites for hydroxylation is 2. The molecule has 0 atom stereocenters. The molecule has 0 saturated carbocycles. The van der Waals surface area contributed by atoms with Crippen molar-refractivity contribution in [3.05, 3.63) is 64.6 Å². The molecule has 9 heteroatoms. The number of carbonyl (C=O) groups is 1. The third-order valence-corrected chi connectivity index (χ3v) is 5.50. The van der Waals surface area contributed by atoms with E-state index in [2.05, 4.69) is 20.6 Å². The Balaban J connectivity index is 1.42. The number of thiazole rings is 1. The Bertz CT molecular complexity index is 1160. The molecule has 0 bridgehead atoms. The lowest BCUT2D eigenvalue weighted by molar-refractivity contribution is 0.0988. The Morgan fingerprint density at radius 1 is 1.30 bits per heavy atom. The molecule has 0 unspecified atom stereocenters. The Labute approximate surface area is 177 Å². The number of aromatic nitrogens is 4. The van der Waals surface area contributed by atoms with Crippen molar-refractivity contribution in [1.82, 2.24) is 19.9 Å². The summed E-state index contributed by atoms with van der Waals surface area (Å²) in [6.07, 6.45) is 4.38. The molecule has 3 heterocycles. The first-order valence-corrected chi connectivity index (χ1v) is 10.3. The molecule has 1 amide bonds. The number of amides is 1. The molecule has 3 aromatic heterocycles. The molecule has 154 valence electrons. The smallest absolute Gasteiger partial charge is 0.296 e. The van der Waals surface area contributed by atoms with Crippen molar-refractivity contribution in [3.63, 3.8) is 0 Å². The summed E-state index contributed by atoms with van der Waals surface area (Å²) < 4.78 is 12.2. The number of carbonyl (C=O) groups excluding carboxylic acids is 1. The quantitative estimate of drug-likeness (QED) is 0.479. The fraction of sp³-hybridized carbons (Fsp3) is 0.238. The molecule has 0 saturated heterocycles. The van der Waals surface area contributed by atoms with Gasteiger partial charge in [0.1, 0.15) is 11.4 Å². The van der Waals surface area contributed by atoms with Crippen LogP contribution in [-0.2, 0) is 13.0 Å². The molecule has 8 nitrogen and oxygen atoms in total. The van der Waals surface area contributed by atoms with E-state index in [-0.39, 0.29) is 11.7 Å². The Morgan fingerprint density at radius 3 is 2.80 bits per heavy atom. The van der Waals surface area contributed by atoms with E-state index in [1.807, 2.05) is 49.0 Å². The molecule has 4 rings (SSSR count). The number of nitrogens with zero attached hydrogens (tertiary/aromatic N) is 4. The van der Waals surface area contributed by atoms with E-state index in [1.165, 1.54) is 11.3 Å². The minimum Gasteiger partial charge on any atom is -0.497 e. The maximum absolute atomic E-state index is 12.5. The first-order chi connectivity index (χ1) is 14.6. The van der Waals surface area contributed by atoms with Crippen molar-refractivity contribution in [2.24, 2.45) is 0 Å². The molecular weight excluding hydrogens is 402 g/mol.